The van der Waals surface area contributed by atoms with Crippen LogP contribution in [0, 0.1) is 12.3 Å². The highest BCUT2D eigenvalue weighted by Crippen LogP contribution is 2.39. The molecule has 0 radical (unpaired) electrons. The van der Waals surface area contributed by atoms with Gasteiger partial charge in [0.05, 0.1) is 24.4 Å². The van der Waals surface area contributed by atoms with E-state index in [9.17, 15) is 0 Å². The molecule has 3 rings (SSSR count). The normalized spacial score (nSPS) is 18.9. The molecule has 1 fully saturated rings. The highest BCUT2D eigenvalue weighted by Gasteiger charge is 2.39. The van der Waals surface area contributed by atoms with Crippen LogP contribution < -0.4 is 10.6 Å². The van der Waals surface area contributed by atoms with Gasteiger partial charge in [-0.1, -0.05) is 37.6 Å². The van der Waals surface area contributed by atoms with Crippen molar-refractivity contribution >= 4 is 35.0 Å². The van der Waals surface area contributed by atoms with Crippen LogP contribution in [0.5, 0.6) is 0 Å². The topological polar surface area (TPSA) is 60.6 Å². The third-order valence-corrected chi connectivity index (χ3v) is 6.28. The molecule has 2 N–H and O–H groups in total. The van der Waals surface area contributed by atoms with E-state index in [1.807, 2.05) is 32.9 Å². The van der Waals surface area contributed by atoms with E-state index < -0.39 is 5.79 Å². The standard InChI is InChI=1S/C24H35N3O2S/c1-7-16(2)20(12-30)27(13-24(6)14-28-23(4,5)29-15-24)21-17(3)22(25)26-19-11-9-8-10-18(19)21/h8-11,30H,7,12-15H2,1-6H3,(H2,25,26)/b20-16+. The number of para-hydroxylation sites is 1. The summed E-state index contributed by atoms with van der Waals surface area (Å²) in [6.45, 7) is 14.5. The molecule has 0 saturated carbocycles. The number of allylic oxidation sites excluding steroid dienone is 1. The van der Waals surface area contributed by atoms with Crippen molar-refractivity contribution in [1.82, 2.24) is 4.98 Å². The summed E-state index contributed by atoms with van der Waals surface area (Å²) in [6.07, 6.45) is 0.959. The Kier molecular flexibility index (Phi) is 6.70. The highest BCUT2D eigenvalue weighted by molar-refractivity contribution is 7.80. The van der Waals surface area contributed by atoms with Gasteiger partial charge in [0.2, 0.25) is 0 Å². The van der Waals surface area contributed by atoms with Gasteiger partial charge in [0, 0.05) is 34.4 Å². The van der Waals surface area contributed by atoms with Crippen molar-refractivity contribution in [1.29, 1.82) is 0 Å². The smallest absolute Gasteiger partial charge is 0.162 e. The summed E-state index contributed by atoms with van der Waals surface area (Å²) in [5, 5.41) is 1.09. The van der Waals surface area contributed by atoms with Crippen LogP contribution in [-0.2, 0) is 9.47 Å². The molecular formula is C24H35N3O2S. The maximum atomic E-state index is 6.35. The van der Waals surface area contributed by atoms with Gasteiger partial charge in [-0.3, -0.25) is 0 Å². The Balaban J connectivity index is 2.17. The molecule has 0 amide bonds. The third kappa shape index (κ3) is 4.61. The summed E-state index contributed by atoms with van der Waals surface area (Å²) in [7, 11) is 0. The fourth-order valence-electron chi connectivity index (χ4n) is 3.87. The molecule has 0 bridgehead atoms. The number of nitrogens with zero attached hydrogens (tertiary/aromatic N) is 2. The molecular weight excluding hydrogens is 394 g/mol. The SMILES string of the molecule is CC/C(C)=C(\CS)N(CC1(C)COC(C)(C)OC1)c1c(C)c(N)nc2ccccc12. The second kappa shape index (κ2) is 8.77. The van der Waals surface area contributed by atoms with E-state index in [2.05, 4.69) is 42.8 Å². The molecule has 0 spiro atoms. The number of nitrogens with two attached hydrogens (primary N) is 1. The van der Waals surface area contributed by atoms with Gasteiger partial charge in [0.15, 0.2) is 5.79 Å². The number of nitrogen functional groups attached to an aromatic ring is 1. The number of thiol groups is 1. The van der Waals surface area contributed by atoms with E-state index in [4.69, 9.17) is 27.8 Å². The Hall–Kier alpha value is -1.76. The molecule has 0 unspecified atom stereocenters. The number of fused-ring (bicyclic) bond motifs is 1. The molecule has 1 aliphatic heterocycles. The van der Waals surface area contributed by atoms with Crippen molar-refractivity contribution in [2.24, 2.45) is 5.41 Å². The molecule has 30 heavy (non-hydrogen) atoms. The lowest BCUT2D eigenvalue weighted by atomic mass is 9.89. The van der Waals surface area contributed by atoms with Crippen LogP contribution in [-0.4, -0.2) is 36.3 Å². The zero-order valence-corrected chi connectivity index (χ0v) is 20.0. The second-order valence-corrected chi connectivity index (χ2v) is 9.42. The Bertz CT molecular complexity index is 945. The fourth-order valence-corrected chi connectivity index (χ4v) is 4.31. The molecule has 1 aliphatic rings. The quantitative estimate of drug-likeness (QED) is 0.607. The lowest BCUT2D eigenvalue weighted by molar-refractivity contribution is -0.280. The van der Waals surface area contributed by atoms with E-state index in [0.29, 0.717) is 24.8 Å². The average Bonchev–Trinajstić information content (AvgIpc) is 2.71. The van der Waals surface area contributed by atoms with E-state index in [1.54, 1.807) is 0 Å². The molecule has 164 valence electrons. The Labute approximate surface area is 186 Å². The first-order valence-corrected chi connectivity index (χ1v) is 11.2. The largest absolute Gasteiger partial charge is 0.383 e. The minimum Gasteiger partial charge on any atom is -0.383 e. The van der Waals surface area contributed by atoms with Crippen molar-refractivity contribution in [3.8, 4) is 0 Å². The van der Waals surface area contributed by atoms with E-state index in [-0.39, 0.29) is 5.41 Å². The highest BCUT2D eigenvalue weighted by atomic mass is 32.1. The van der Waals surface area contributed by atoms with E-state index >= 15 is 0 Å². The lowest BCUT2D eigenvalue weighted by Crippen LogP contribution is -2.50. The molecule has 5 nitrogen and oxygen atoms in total. The van der Waals surface area contributed by atoms with Crippen molar-refractivity contribution in [2.75, 3.05) is 36.1 Å². The predicted molar refractivity (Wildman–Crippen MR) is 129 cm³/mol. The number of hydrogen-bond acceptors (Lipinski definition) is 6. The van der Waals surface area contributed by atoms with Gasteiger partial charge < -0.3 is 20.1 Å². The van der Waals surface area contributed by atoms with Crippen molar-refractivity contribution in [3.63, 3.8) is 0 Å². The number of hydrogen-bond donors (Lipinski definition) is 2. The third-order valence-electron chi connectivity index (χ3n) is 5.98. The Morgan fingerprint density at radius 3 is 2.43 bits per heavy atom. The van der Waals surface area contributed by atoms with Gasteiger partial charge >= 0.3 is 0 Å². The van der Waals surface area contributed by atoms with Gasteiger partial charge in [-0.15, -0.1) is 0 Å². The minimum atomic E-state index is -0.546. The average molecular weight is 430 g/mol. The van der Waals surface area contributed by atoms with Gasteiger partial charge in [-0.25, -0.2) is 4.98 Å². The summed E-state index contributed by atoms with van der Waals surface area (Å²) in [5.41, 5.74) is 11.7. The Morgan fingerprint density at radius 2 is 1.83 bits per heavy atom. The van der Waals surface area contributed by atoms with E-state index in [0.717, 1.165) is 35.1 Å². The number of benzene rings is 1. The summed E-state index contributed by atoms with van der Waals surface area (Å²) in [4.78, 5) is 7.00. The maximum absolute atomic E-state index is 6.35. The van der Waals surface area contributed by atoms with Crippen molar-refractivity contribution in [2.45, 2.75) is 53.8 Å². The fraction of sp³-hybridized carbons (Fsp3) is 0.542. The lowest BCUT2D eigenvalue weighted by Gasteiger charge is -2.45. The zero-order valence-electron chi connectivity index (χ0n) is 19.1. The molecule has 6 heteroatoms. The molecule has 2 aromatic rings. The van der Waals surface area contributed by atoms with Gasteiger partial charge in [-0.2, -0.15) is 12.6 Å². The predicted octanol–water partition coefficient (Wildman–Crippen LogP) is 5.33. The number of pyridine rings is 1. The first-order valence-electron chi connectivity index (χ1n) is 10.6. The molecule has 0 atom stereocenters. The van der Waals surface area contributed by atoms with Crippen LogP contribution >= 0.6 is 12.6 Å². The molecule has 2 heterocycles. The molecule has 1 aromatic heterocycles. The number of aromatic nitrogens is 1. The molecule has 1 saturated heterocycles. The summed E-state index contributed by atoms with van der Waals surface area (Å²) >= 11 is 4.72. The maximum Gasteiger partial charge on any atom is 0.162 e. The molecule has 0 aliphatic carbocycles. The van der Waals surface area contributed by atoms with Crippen LogP contribution in [0.2, 0.25) is 0 Å². The van der Waals surface area contributed by atoms with Crippen molar-refractivity contribution < 1.29 is 9.47 Å². The molecule has 1 aromatic carbocycles. The monoisotopic (exact) mass is 429 g/mol. The van der Waals surface area contributed by atoms with Gasteiger partial charge in [-0.05, 0) is 40.2 Å². The van der Waals surface area contributed by atoms with Crippen molar-refractivity contribution in [3.05, 3.63) is 41.1 Å². The van der Waals surface area contributed by atoms with Crippen LogP contribution in [0.4, 0.5) is 11.5 Å². The number of rotatable bonds is 6. The summed E-state index contributed by atoms with van der Waals surface area (Å²) in [6, 6.07) is 8.18. The van der Waals surface area contributed by atoms with Crippen LogP contribution in [0.1, 0.15) is 46.6 Å². The number of anilines is 2. The van der Waals surface area contributed by atoms with Crippen LogP contribution in [0.3, 0.4) is 0 Å². The minimum absolute atomic E-state index is 0.177. The Morgan fingerprint density at radius 1 is 1.20 bits per heavy atom. The first-order chi connectivity index (χ1) is 14.1. The summed E-state index contributed by atoms with van der Waals surface area (Å²) < 4.78 is 12.1. The zero-order chi connectivity index (χ0) is 22.1. The van der Waals surface area contributed by atoms with Crippen LogP contribution in [0.25, 0.3) is 10.9 Å². The van der Waals surface area contributed by atoms with Crippen LogP contribution in [0.15, 0.2) is 35.5 Å². The van der Waals surface area contributed by atoms with Gasteiger partial charge in [0.25, 0.3) is 0 Å². The van der Waals surface area contributed by atoms with Gasteiger partial charge in [0.1, 0.15) is 5.82 Å². The van der Waals surface area contributed by atoms with E-state index in [1.165, 1.54) is 11.3 Å². The number of ether oxygens (including phenoxy) is 2. The summed E-state index contributed by atoms with van der Waals surface area (Å²) in [5.74, 6) is 0.651. The second-order valence-electron chi connectivity index (χ2n) is 9.10. The first kappa shape index (κ1) is 22.9.